The summed E-state index contributed by atoms with van der Waals surface area (Å²) in [6, 6.07) is 28.6. The molecule has 0 bridgehead atoms. The summed E-state index contributed by atoms with van der Waals surface area (Å²) in [5, 5.41) is 4.84. The van der Waals surface area contributed by atoms with Gasteiger partial charge in [0, 0.05) is 63.7 Å². The number of fused-ring (bicyclic) bond motifs is 2. The first-order valence-corrected chi connectivity index (χ1v) is 19.2. The molecule has 4 aromatic carbocycles. The number of aryl methyl sites for hydroxylation is 1. The zero-order valence-corrected chi connectivity index (χ0v) is 32.6. The van der Waals surface area contributed by atoms with Crippen LogP contribution in [0, 0.1) is 30.2 Å². The van der Waals surface area contributed by atoms with Crippen molar-refractivity contribution in [1.29, 1.82) is 0 Å². The monoisotopic (exact) mass is 793 g/mol. The maximum Gasteiger partial charge on any atom is 0.166 e. The molecule has 0 saturated carbocycles. The van der Waals surface area contributed by atoms with E-state index in [9.17, 15) is 17.6 Å². The van der Waals surface area contributed by atoms with Gasteiger partial charge < -0.3 is 14.8 Å². The highest BCUT2D eigenvalue weighted by Gasteiger charge is 2.23. The molecule has 0 aliphatic carbocycles. The van der Waals surface area contributed by atoms with Gasteiger partial charge in [0.2, 0.25) is 0 Å². The number of hydrogen-bond acceptors (Lipinski definition) is 7. The van der Waals surface area contributed by atoms with Crippen LogP contribution in [0.1, 0.15) is 30.0 Å². The van der Waals surface area contributed by atoms with Crippen molar-refractivity contribution in [3.8, 4) is 56.3 Å². The topological polar surface area (TPSA) is 82.0 Å². The zero-order valence-electron chi connectivity index (χ0n) is 32.6. The summed E-state index contributed by atoms with van der Waals surface area (Å²) < 4.78 is 67.7. The largest absolute Gasteiger partial charge is 0.496 e. The molecule has 9 rings (SSSR count). The maximum atomic E-state index is 14.9. The van der Waals surface area contributed by atoms with E-state index in [1.54, 1.807) is 57.1 Å². The Kier molecular flexibility index (Phi) is 11.3. The zero-order chi connectivity index (χ0) is 41.0. The second-order valence-corrected chi connectivity index (χ2v) is 14.2. The number of pyridine rings is 4. The molecule has 0 atom stereocenters. The Bertz CT molecular complexity index is 2810. The Morgan fingerprint density at radius 2 is 1.24 bits per heavy atom. The van der Waals surface area contributed by atoms with E-state index in [-0.39, 0.29) is 17.0 Å². The fourth-order valence-corrected chi connectivity index (χ4v) is 7.76. The SMILES string of the molecule is COc1cccc(OC)c1-c1nccc2c(-c3ccc(F)cc3F)ccnc12.Cc1ccccc1-c1nccc2c(-c3cccc(F)c3F)cc(C3CCNCC3)nc12. The van der Waals surface area contributed by atoms with E-state index in [0.29, 0.717) is 44.8 Å². The van der Waals surface area contributed by atoms with Crippen LogP contribution in [0.4, 0.5) is 17.6 Å². The summed E-state index contributed by atoms with van der Waals surface area (Å²) in [5.74, 6) is -1.51. The summed E-state index contributed by atoms with van der Waals surface area (Å²) >= 11 is 0. The lowest BCUT2D eigenvalue weighted by Gasteiger charge is -2.23. The van der Waals surface area contributed by atoms with Gasteiger partial charge >= 0.3 is 0 Å². The molecule has 1 fully saturated rings. The molecule has 296 valence electrons. The lowest BCUT2D eigenvalue weighted by molar-refractivity contribution is 0.397. The quantitative estimate of drug-likeness (QED) is 0.161. The highest BCUT2D eigenvalue weighted by molar-refractivity contribution is 6.03. The van der Waals surface area contributed by atoms with E-state index in [0.717, 1.165) is 71.5 Å². The van der Waals surface area contributed by atoms with Crippen molar-refractivity contribution in [3.05, 3.63) is 156 Å². The Morgan fingerprint density at radius 1 is 0.576 bits per heavy atom. The predicted octanol–water partition coefficient (Wildman–Crippen LogP) is 11.3. The fourth-order valence-electron chi connectivity index (χ4n) is 7.76. The molecular formula is C48H39F4N5O2. The Hall–Kier alpha value is -6.72. The van der Waals surface area contributed by atoms with Gasteiger partial charge in [0.15, 0.2) is 11.6 Å². The molecule has 0 amide bonds. The fraction of sp³-hybridized carbons (Fsp3) is 0.167. The van der Waals surface area contributed by atoms with E-state index >= 15 is 0 Å². The minimum Gasteiger partial charge on any atom is -0.496 e. The molecule has 1 N–H and O–H groups in total. The molecule has 0 spiro atoms. The standard InChI is InChI=1S/C26H23F2N3.C22H16F2N2O2/c1-16-5-2-3-6-18(16)25-26-20(11-14-30-25)21(19-7-4-8-22(27)24(19)28)15-23(31-26)17-9-12-29-13-10-17;1-27-18-4-3-5-19(28-2)20(18)22-21-16(9-11-26-22)14(8-10-25-21)15-7-6-13(23)12-17(15)24/h2-8,11,14-15,17,29H,9-10,12-13H2,1H3;3-12H,1-2H3. The van der Waals surface area contributed by atoms with Gasteiger partial charge in [-0.25, -0.2) is 17.6 Å². The predicted molar refractivity (Wildman–Crippen MR) is 223 cm³/mol. The first-order valence-electron chi connectivity index (χ1n) is 19.2. The molecular weight excluding hydrogens is 755 g/mol. The van der Waals surface area contributed by atoms with Gasteiger partial charge in [0.25, 0.3) is 0 Å². The first kappa shape index (κ1) is 39.1. The van der Waals surface area contributed by atoms with Crippen LogP contribution in [-0.2, 0) is 0 Å². The molecule has 1 aliphatic heterocycles. The average Bonchev–Trinajstić information content (AvgIpc) is 3.27. The second kappa shape index (κ2) is 17.0. The molecule has 8 aromatic rings. The molecule has 7 nitrogen and oxygen atoms in total. The Labute approximate surface area is 338 Å². The van der Waals surface area contributed by atoms with E-state index in [1.807, 2.05) is 61.5 Å². The maximum absolute atomic E-state index is 14.9. The number of hydrogen-bond donors (Lipinski definition) is 1. The number of methoxy groups -OCH3 is 2. The summed E-state index contributed by atoms with van der Waals surface area (Å²) in [4.78, 5) is 18.7. The van der Waals surface area contributed by atoms with E-state index in [2.05, 4.69) is 20.3 Å². The van der Waals surface area contributed by atoms with Crippen molar-refractivity contribution in [2.24, 2.45) is 0 Å². The molecule has 0 unspecified atom stereocenters. The van der Waals surface area contributed by atoms with Crippen LogP contribution >= 0.6 is 0 Å². The van der Waals surface area contributed by atoms with E-state index < -0.39 is 23.3 Å². The van der Waals surface area contributed by atoms with Crippen LogP contribution in [0.5, 0.6) is 11.5 Å². The number of nitrogens with one attached hydrogen (secondary N) is 1. The molecule has 11 heteroatoms. The van der Waals surface area contributed by atoms with Crippen LogP contribution in [0.3, 0.4) is 0 Å². The third-order valence-electron chi connectivity index (χ3n) is 10.7. The van der Waals surface area contributed by atoms with Crippen LogP contribution in [0.25, 0.3) is 66.6 Å². The number of benzene rings is 4. The van der Waals surface area contributed by atoms with Crippen molar-refractivity contribution >= 4 is 21.8 Å². The van der Waals surface area contributed by atoms with Gasteiger partial charge in [0.05, 0.1) is 36.5 Å². The summed E-state index contributed by atoms with van der Waals surface area (Å²) in [5.41, 5.74) is 8.07. The van der Waals surface area contributed by atoms with Gasteiger partial charge in [0.1, 0.15) is 28.8 Å². The first-order chi connectivity index (χ1) is 28.8. The lowest BCUT2D eigenvalue weighted by Crippen LogP contribution is -2.27. The molecule has 4 aromatic heterocycles. The third kappa shape index (κ3) is 7.69. The summed E-state index contributed by atoms with van der Waals surface area (Å²) in [7, 11) is 3.13. The molecule has 5 heterocycles. The van der Waals surface area contributed by atoms with E-state index in [1.165, 1.54) is 12.1 Å². The number of rotatable bonds is 7. The van der Waals surface area contributed by atoms with Crippen LogP contribution in [0.15, 0.2) is 122 Å². The Balaban J connectivity index is 0.000000165. The minimum atomic E-state index is -0.848. The van der Waals surface area contributed by atoms with Gasteiger partial charge in [-0.3, -0.25) is 19.9 Å². The second-order valence-electron chi connectivity index (χ2n) is 14.2. The summed E-state index contributed by atoms with van der Waals surface area (Å²) in [6.07, 6.45) is 6.84. The van der Waals surface area contributed by atoms with Gasteiger partial charge in [-0.2, -0.15) is 0 Å². The molecule has 59 heavy (non-hydrogen) atoms. The highest BCUT2D eigenvalue weighted by atomic mass is 19.2. The number of piperidine rings is 1. The third-order valence-corrected chi connectivity index (χ3v) is 10.7. The summed E-state index contributed by atoms with van der Waals surface area (Å²) in [6.45, 7) is 3.89. The average molecular weight is 794 g/mol. The van der Waals surface area contributed by atoms with Crippen molar-refractivity contribution in [2.75, 3.05) is 27.3 Å². The van der Waals surface area contributed by atoms with E-state index in [4.69, 9.17) is 14.5 Å². The normalized spacial score (nSPS) is 12.9. The van der Waals surface area contributed by atoms with Crippen molar-refractivity contribution in [1.82, 2.24) is 25.3 Å². The van der Waals surface area contributed by atoms with Crippen LogP contribution in [0.2, 0.25) is 0 Å². The lowest BCUT2D eigenvalue weighted by atomic mass is 9.90. The minimum absolute atomic E-state index is 0.254. The molecule has 1 saturated heterocycles. The number of aromatic nitrogens is 4. The number of halogens is 4. The van der Waals surface area contributed by atoms with Crippen molar-refractivity contribution in [2.45, 2.75) is 25.7 Å². The number of nitrogens with zero attached hydrogens (tertiary/aromatic N) is 4. The van der Waals surface area contributed by atoms with Crippen molar-refractivity contribution in [3.63, 3.8) is 0 Å². The number of ether oxygens (including phenoxy) is 2. The smallest absolute Gasteiger partial charge is 0.166 e. The Morgan fingerprint density at radius 3 is 1.95 bits per heavy atom. The molecule has 1 aliphatic rings. The van der Waals surface area contributed by atoms with Gasteiger partial charge in [-0.1, -0.05) is 42.5 Å². The van der Waals surface area contributed by atoms with Gasteiger partial charge in [-0.15, -0.1) is 0 Å². The highest BCUT2D eigenvalue weighted by Crippen LogP contribution is 2.42. The molecule has 0 radical (unpaired) electrons. The van der Waals surface area contributed by atoms with Crippen LogP contribution in [-0.4, -0.2) is 47.2 Å². The van der Waals surface area contributed by atoms with Crippen LogP contribution < -0.4 is 14.8 Å². The van der Waals surface area contributed by atoms with Crippen molar-refractivity contribution < 1.29 is 27.0 Å². The van der Waals surface area contributed by atoms with Gasteiger partial charge in [-0.05, 0) is 104 Å².